The van der Waals surface area contributed by atoms with Gasteiger partial charge in [0.2, 0.25) is 5.91 Å². The Hall–Kier alpha value is -3.31. The van der Waals surface area contributed by atoms with Gasteiger partial charge in [-0.15, -0.1) is 22.7 Å². The number of piperidine rings is 1. The summed E-state index contributed by atoms with van der Waals surface area (Å²) in [5.74, 6) is -0.358. The minimum atomic E-state index is -0.598. The maximum atomic E-state index is 12.9. The lowest BCUT2D eigenvalue weighted by atomic mass is 9.97. The molecule has 3 heterocycles. The molecule has 3 N–H and O–H groups in total. The summed E-state index contributed by atoms with van der Waals surface area (Å²) in [7, 11) is 1.48. The first-order valence-corrected chi connectivity index (χ1v) is 12.4. The number of aromatic nitrogens is 2. The third kappa shape index (κ3) is 4.95. The maximum absolute atomic E-state index is 12.9. The molecule has 4 rings (SSSR count). The van der Waals surface area contributed by atoms with Gasteiger partial charge in [0, 0.05) is 30.0 Å². The second-order valence-corrected chi connectivity index (χ2v) is 10.1. The number of hydrogen-bond donors (Lipinski definition) is 2. The van der Waals surface area contributed by atoms with Crippen molar-refractivity contribution in [3.8, 4) is 5.75 Å². The van der Waals surface area contributed by atoms with Crippen LogP contribution in [0.15, 0.2) is 23.6 Å². The molecule has 1 aromatic carbocycles. The van der Waals surface area contributed by atoms with Crippen molar-refractivity contribution in [1.82, 2.24) is 14.9 Å². The SMILES string of the molecule is COc1ccc(C(N)=O)cc1NC(=O)c1csc(C2CCN(C(=O)c3sc(C)nc3C)CC2)n1. The summed E-state index contributed by atoms with van der Waals surface area (Å²) in [4.78, 5) is 48.6. The number of anilines is 1. The monoisotopic (exact) mass is 499 g/mol. The molecule has 11 heteroatoms. The van der Waals surface area contributed by atoms with Gasteiger partial charge in [-0.1, -0.05) is 0 Å². The molecular weight excluding hydrogens is 474 g/mol. The first-order chi connectivity index (χ1) is 16.3. The van der Waals surface area contributed by atoms with Crippen LogP contribution >= 0.6 is 22.7 Å². The van der Waals surface area contributed by atoms with E-state index < -0.39 is 11.8 Å². The Labute approximate surface area is 205 Å². The van der Waals surface area contributed by atoms with Crippen LogP contribution in [-0.2, 0) is 0 Å². The lowest BCUT2D eigenvalue weighted by Gasteiger charge is -2.30. The number of likely N-dealkylation sites (tertiary alicyclic amines) is 1. The predicted molar refractivity (Wildman–Crippen MR) is 131 cm³/mol. The topological polar surface area (TPSA) is 128 Å². The van der Waals surface area contributed by atoms with E-state index >= 15 is 0 Å². The minimum Gasteiger partial charge on any atom is -0.495 e. The van der Waals surface area contributed by atoms with E-state index in [1.807, 2.05) is 18.7 Å². The quantitative estimate of drug-likeness (QED) is 0.533. The van der Waals surface area contributed by atoms with Crippen molar-refractivity contribution in [1.29, 1.82) is 0 Å². The number of aryl methyl sites for hydroxylation is 2. The fourth-order valence-corrected chi connectivity index (χ4v) is 5.79. The summed E-state index contributed by atoms with van der Waals surface area (Å²) < 4.78 is 5.27. The Bertz CT molecular complexity index is 1240. The Kier molecular flexibility index (Phi) is 6.94. The highest BCUT2D eigenvalue weighted by atomic mass is 32.1. The van der Waals surface area contributed by atoms with Crippen LogP contribution in [0.1, 0.15) is 65.0 Å². The van der Waals surface area contributed by atoms with Crippen molar-refractivity contribution < 1.29 is 19.1 Å². The summed E-state index contributed by atoms with van der Waals surface area (Å²) in [6, 6.07) is 4.59. The van der Waals surface area contributed by atoms with E-state index in [0.29, 0.717) is 35.1 Å². The van der Waals surface area contributed by atoms with Gasteiger partial charge < -0.3 is 20.7 Å². The zero-order valence-electron chi connectivity index (χ0n) is 19.1. The molecule has 3 amide bonds. The summed E-state index contributed by atoms with van der Waals surface area (Å²) in [5, 5.41) is 6.24. The number of nitrogens with two attached hydrogens (primary N) is 1. The minimum absolute atomic E-state index is 0.0351. The molecule has 0 radical (unpaired) electrons. The second-order valence-electron chi connectivity index (χ2n) is 8.02. The molecule has 0 saturated carbocycles. The molecule has 1 aliphatic heterocycles. The fraction of sp³-hybridized carbons (Fsp3) is 0.348. The van der Waals surface area contributed by atoms with E-state index in [1.54, 1.807) is 11.4 Å². The standard InChI is InChI=1S/C23H25N5O4S2/c1-12-19(34-13(2)25-12)23(31)28-8-6-14(7-9-28)22-27-17(11-33-22)21(30)26-16-10-15(20(24)29)4-5-18(16)32-3/h4-5,10-11,14H,6-9H2,1-3H3,(H2,24,29)(H,26,30). The van der Waals surface area contributed by atoms with Crippen molar-refractivity contribution in [3.05, 3.63) is 55.4 Å². The van der Waals surface area contributed by atoms with E-state index in [9.17, 15) is 14.4 Å². The Balaban J connectivity index is 1.40. The molecule has 34 heavy (non-hydrogen) atoms. The summed E-state index contributed by atoms with van der Waals surface area (Å²) in [6.07, 6.45) is 1.57. The van der Waals surface area contributed by atoms with Gasteiger partial charge >= 0.3 is 0 Å². The molecule has 0 unspecified atom stereocenters. The van der Waals surface area contributed by atoms with Crippen molar-refractivity contribution >= 4 is 46.1 Å². The van der Waals surface area contributed by atoms with E-state index in [2.05, 4.69) is 15.3 Å². The first kappa shape index (κ1) is 23.8. The number of amides is 3. The van der Waals surface area contributed by atoms with Gasteiger partial charge in [0.15, 0.2) is 0 Å². The van der Waals surface area contributed by atoms with Gasteiger partial charge in [-0.3, -0.25) is 14.4 Å². The van der Waals surface area contributed by atoms with Crippen molar-refractivity contribution in [2.24, 2.45) is 5.73 Å². The third-order valence-corrected chi connectivity index (χ3v) is 7.78. The summed E-state index contributed by atoms with van der Waals surface area (Å²) in [6.45, 7) is 5.04. The number of hydrogen-bond acceptors (Lipinski definition) is 8. The summed E-state index contributed by atoms with van der Waals surface area (Å²) in [5.41, 5.74) is 7.02. The van der Waals surface area contributed by atoms with Gasteiger partial charge in [-0.25, -0.2) is 9.97 Å². The highest BCUT2D eigenvalue weighted by Gasteiger charge is 2.28. The normalized spacial score (nSPS) is 14.1. The van der Waals surface area contributed by atoms with Gasteiger partial charge in [0.1, 0.15) is 16.3 Å². The highest BCUT2D eigenvalue weighted by Crippen LogP contribution is 2.32. The average Bonchev–Trinajstić information content (AvgIpc) is 3.45. The van der Waals surface area contributed by atoms with Crippen LogP contribution in [0.2, 0.25) is 0 Å². The zero-order chi connectivity index (χ0) is 24.4. The molecule has 1 fully saturated rings. The number of primary amides is 1. The molecule has 0 atom stereocenters. The number of nitrogens with one attached hydrogen (secondary N) is 1. The molecule has 178 valence electrons. The molecule has 9 nitrogen and oxygen atoms in total. The Morgan fingerprint density at radius 1 is 1.18 bits per heavy atom. The molecule has 2 aromatic heterocycles. The van der Waals surface area contributed by atoms with Gasteiger partial charge in [-0.05, 0) is 44.9 Å². The van der Waals surface area contributed by atoms with Crippen LogP contribution in [-0.4, -0.2) is 52.8 Å². The molecule has 0 spiro atoms. The number of benzene rings is 1. The molecule has 3 aromatic rings. The van der Waals surface area contributed by atoms with Crippen LogP contribution in [0.3, 0.4) is 0 Å². The van der Waals surface area contributed by atoms with Crippen LogP contribution in [0, 0.1) is 13.8 Å². The van der Waals surface area contributed by atoms with Crippen LogP contribution in [0.4, 0.5) is 5.69 Å². The Morgan fingerprint density at radius 2 is 1.91 bits per heavy atom. The van der Waals surface area contributed by atoms with Crippen LogP contribution in [0.25, 0.3) is 0 Å². The summed E-state index contributed by atoms with van der Waals surface area (Å²) >= 11 is 2.87. The van der Waals surface area contributed by atoms with E-state index in [0.717, 1.165) is 28.6 Å². The maximum Gasteiger partial charge on any atom is 0.275 e. The molecule has 1 saturated heterocycles. The van der Waals surface area contributed by atoms with Crippen LogP contribution in [0.5, 0.6) is 5.75 Å². The van der Waals surface area contributed by atoms with Gasteiger partial charge in [-0.2, -0.15) is 0 Å². The van der Waals surface area contributed by atoms with E-state index in [-0.39, 0.29) is 17.4 Å². The van der Waals surface area contributed by atoms with Crippen molar-refractivity contribution in [3.63, 3.8) is 0 Å². The van der Waals surface area contributed by atoms with E-state index in [1.165, 1.54) is 41.9 Å². The lowest BCUT2D eigenvalue weighted by Crippen LogP contribution is -2.37. The largest absolute Gasteiger partial charge is 0.495 e. The molecule has 0 aliphatic carbocycles. The molecule has 1 aliphatic rings. The van der Waals surface area contributed by atoms with Crippen molar-refractivity contribution in [2.45, 2.75) is 32.6 Å². The second kappa shape index (κ2) is 9.90. The predicted octanol–water partition coefficient (Wildman–Crippen LogP) is 3.60. The van der Waals surface area contributed by atoms with Crippen molar-refractivity contribution in [2.75, 3.05) is 25.5 Å². The highest BCUT2D eigenvalue weighted by molar-refractivity contribution is 7.13. The smallest absolute Gasteiger partial charge is 0.275 e. The number of ether oxygens (including phenoxy) is 1. The first-order valence-electron chi connectivity index (χ1n) is 10.7. The number of carbonyl (C=O) groups is 3. The van der Waals surface area contributed by atoms with Crippen LogP contribution < -0.4 is 15.8 Å². The number of rotatable bonds is 6. The molecular formula is C23H25N5O4S2. The number of nitrogens with zero attached hydrogens (tertiary/aromatic N) is 3. The fourth-order valence-electron chi connectivity index (χ4n) is 3.93. The lowest BCUT2D eigenvalue weighted by molar-refractivity contribution is 0.0716. The average molecular weight is 500 g/mol. The third-order valence-electron chi connectivity index (χ3n) is 5.72. The number of thiazole rings is 2. The van der Waals surface area contributed by atoms with E-state index in [4.69, 9.17) is 10.5 Å². The van der Waals surface area contributed by atoms with Gasteiger partial charge in [0.05, 0.1) is 28.5 Å². The number of methoxy groups -OCH3 is 1. The van der Waals surface area contributed by atoms with Gasteiger partial charge in [0.25, 0.3) is 11.8 Å². The number of carbonyl (C=O) groups excluding carboxylic acids is 3. The molecule has 0 bridgehead atoms. The zero-order valence-corrected chi connectivity index (χ0v) is 20.7. The Morgan fingerprint density at radius 3 is 2.53 bits per heavy atom.